The highest BCUT2D eigenvalue weighted by Gasteiger charge is 2.17. The molecular weight excluding hydrogens is 355 g/mol. The number of carbonyl (C=O) groups is 2. The normalized spacial score (nSPS) is 11.9. The molecule has 0 fully saturated rings. The third-order valence-electron chi connectivity index (χ3n) is 3.27. The van der Waals surface area contributed by atoms with E-state index >= 15 is 0 Å². The predicted molar refractivity (Wildman–Crippen MR) is 90.0 cm³/mol. The van der Waals surface area contributed by atoms with Crippen LogP contribution >= 0.6 is 23.2 Å². The zero-order valence-corrected chi connectivity index (χ0v) is 13.8. The number of rotatable bonds is 4. The van der Waals surface area contributed by atoms with Crippen LogP contribution in [0.5, 0.6) is 11.5 Å². The second-order valence-electron chi connectivity index (χ2n) is 4.90. The fourth-order valence-corrected chi connectivity index (χ4v) is 2.59. The number of fused-ring (bicyclic) bond motifs is 1. The first-order valence-electron chi connectivity index (χ1n) is 6.96. The van der Waals surface area contributed by atoms with Gasteiger partial charge in [-0.2, -0.15) is 0 Å². The third kappa shape index (κ3) is 3.55. The van der Waals surface area contributed by atoms with Crippen molar-refractivity contribution in [2.45, 2.75) is 0 Å². The van der Waals surface area contributed by atoms with Gasteiger partial charge < -0.3 is 20.1 Å². The molecule has 2 aromatic carbocycles. The molecule has 0 bridgehead atoms. The standard InChI is InChI=1S/C16H12Cl2N2O4/c17-10-2-1-3-11(18)15(10)20-14(21)7-19-16(22)9-4-5-12-13(6-9)24-8-23-12/h1-6H,7-8H2,(H,19,22)(H,20,21). The number of hydrogen-bond donors (Lipinski definition) is 2. The summed E-state index contributed by atoms with van der Waals surface area (Å²) in [5.41, 5.74) is 0.672. The van der Waals surface area contributed by atoms with E-state index in [1.807, 2.05) is 0 Å². The molecule has 6 nitrogen and oxygen atoms in total. The van der Waals surface area contributed by atoms with Crippen molar-refractivity contribution < 1.29 is 19.1 Å². The minimum atomic E-state index is -0.445. The second-order valence-corrected chi connectivity index (χ2v) is 5.71. The van der Waals surface area contributed by atoms with E-state index in [2.05, 4.69) is 10.6 Å². The Hall–Kier alpha value is -2.44. The van der Waals surface area contributed by atoms with Crippen LogP contribution in [-0.2, 0) is 4.79 Å². The number of amides is 2. The molecule has 0 aromatic heterocycles. The predicted octanol–water partition coefficient (Wildman–Crippen LogP) is 3.09. The molecular formula is C16H12Cl2N2O4. The Kier molecular flexibility index (Phi) is 4.78. The van der Waals surface area contributed by atoms with E-state index in [1.165, 1.54) is 0 Å². The first-order valence-corrected chi connectivity index (χ1v) is 7.72. The lowest BCUT2D eigenvalue weighted by atomic mass is 10.2. The van der Waals surface area contributed by atoms with Gasteiger partial charge in [-0.25, -0.2) is 0 Å². The van der Waals surface area contributed by atoms with Gasteiger partial charge in [-0.1, -0.05) is 29.3 Å². The second kappa shape index (κ2) is 6.98. The van der Waals surface area contributed by atoms with Crippen molar-refractivity contribution in [2.24, 2.45) is 0 Å². The van der Waals surface area contributed by atoms with Crippen LogP contribution in [0.4, 0.5) is 5.69 Å². The lowest BCUT2D eigenvalue weighted by molar-refractivity contribution is -0.115. The van der Waals surface area contributed by atoms with Crippen LogP contribution in [0.1, 0.15) is 10.4 Å². The molecule has 1 aliphatic rings. The summed E-state index contributed by atoms with van der Waals surface area (Å²) < 4.78 is 10.4. The Balaban J connectivity index is 1.59. The maximum atomic E-state index is 12.1. The van der Waals surface area contributed by atoms with E-state index in [9.17, 15) is 9.59 Å². The highest BCUT2D eigenvalue weighted by Crippen LogP contribution is 2.32. The molecule has 124 valence electrons. The quantitative estimate of drug-likeness (QED) is 0.871. The SMILES string of the molecule is O=C(CNC(=O)c1ccc2c(c1)OCO2)Nc1c(Cl)cccc1Cl. The van der Waals surface area contributed by atoms with Crippen molar-refractivity contribution >= 4 is 40.7 Å². The summed E-state index contributed by atoms with van der Waals surface area (Å²) >= 11 is 11.9. The van der Waals surface area contributed by atoms with Gasteiger partial charge in [-0.15, -0.1) is 0 Å². The highest BCUT2D eigenvalue weighted by atomic mass is 35.5. The van der Waals surface area contributed by atoms with Crippen LogP contribution in [0.25, 0.3) is 0 Å². The Morgan fingerprint density at radius 2 is 1.75 bits per heavy atom. The van der Waals surface area contributed by atoms with Crippen LogP contribution in [-0.4, -0.2) is 25.2 Å². The van der Waals surface area contributed by atoms with Gasteiger partial charge in [0.1, 0.15) is 0 Å². The average Bonchev–Trinajstić information content (AvgIpc) is 3.03. The zero-order valence-electron chi connectivity index (χ0n) is 12.3. The molecule has 2 N–H and O–H groups in total. The van der Waals surface area contributed by atoms with Crippen molar-refractivity contribution in [3.8, 4) is 11.5 Å². The molecule has 0 unspecified atom stereocenters. The van der Waals surface area contributed by atoms with Crippen molar-refractivity contribution in [1.82, 2.24) is 5.32 Å². The summed E-state index contributed by atoms with van der Waals surface area (Å²) in [4.78, 5) is 24.0. The zero-order chi connectivity index (χ0) is 17.1. The smallest absolute Gasteiger partial charge is 0.251 e. The molecule has 0 saturated heterocycles. The third-order valence-corrected chi connectivity index (χ3v) is 3.90. The molecule has 8 heteroatoms. The van der Waals surface area contributed by atoms with Crippen LogP contribution in [0.15, 0.2) is 36.4 Å². The van der Waals surface area contributed by atoms with Crippen molar-refractivity contribution in [3.05, 3.63) is 52.0 Å². The number of ether oxygens (including phenoxy) is 2. The van der Waals surface area contributed by atoms with E-state index in [0.717, 1.165) is 0 Å². The molecule has 0 atom stereocenters. The summed E-state index contributed by atoms with van der Waals surface area (Å²) in [5.74, 6) is 0.223. The summed E-state index contributed by atoms with van der Waals surface area (Å²) in [6.45, 7) is -0.101. The van der Waals surface area contributed by atoms with Crippen molar-refractivity contribution in [3.63, 3.8) is 0 Å². The molecule has 3 rings (SSSR count). The number of carbonyl (C=O) groups excluding carboxylic acids is 2. The molecule has 0 radical (unpaired) electrons. The Bertz CT molecular complexity index is 790. The van der Waals surface area contributed by atoms with Crippen molar-refractivity contribution in [1.29, 1.82) is 0 Å². The van der Waals surface area contributed by atoms with E-state index in [-0.39, 0.29) is 13.3 Å². The van der Waals surface area contributed by atoms with Gasteiger partial charge in [-0.05, 0) is 30.3 Å². The molecule has 0 spiro atoms. The lowest BCUT2D eigenvalue weighted by Crippen LogP contribution is -2.32. The largest absolute Gasteiger partial charge is 0.454 e. The van der Waals surface area contributed by atoms with Gasteiger partial charge in [0, 0.05) is 5.56 Å². The van der Waals surface area contributed by atoms with E-state index < -0.39 is 11.8 Å². The van der Waals surface area contributed by atoms with Crippen molar-refractivity contribution in [2.75, 3.05) is 18.7 Å². The highest BCUT2D eigenvalue weighted by molar-refractivity contribution is 6.39. The average molecular weight is 367 g/mol. The monoisotopic (exact) mass is 366 g/mol. The minimum Gasteiger partial charge on any atom is -0.454 e. The maximum absolute atomic E-state index is 12.1. The Morgan fingerprint density at radius 1 is 1.04 bits per heavy atom. The van der Waals surface area contributed by atoms with E-state index in [4.69, 9.17) is 32.7 Å². The Labute approximate surface area is 147 Å². The number of hydrogen-bond acceptors (Lipinski definition) is 4. The number of halogens is 2. The van der Waals surface area contributed by atoms with Crippen LogP contribution in [0, 0.1) is 0 Å². The first kappa shape index (κ1) is 16.4. The van der Waals surface area contributed by atoms with Gasteiger partial charge in [-0.3, -0.25) is 9.59 Å². The van der Waals surface area contributed by atoms with Crippen LogP contribution in [0.3, 0.4) is 0 Å². The topological polar surface area (TPSA) is 76.7 Å². The van der Waals surface area contributed by atoms with Crippen LogP contribution < -0.4 is 20.1 Å². The molecule has 0 saturated carbocycles. The fraction of sp³-hybridized carbons (Fsp3) is 0.125. The fourth-order valence-electron chi connectivity index (χ4n) is 2.10. The van der Waals surface area contributed by atoms with Gasteiger partial charge in [0.15, 0.2) is 11.5 Å². The minimum absolute atomic E-state index is 0.126. The lowest BCUT2D eigenvalue weighted by Gasteiger charge is -2.10. The molecule has 1 heterocycles. The van der Waals surface area contributed by atoms with Gasteiger partial charge >= 0.3 is 0 Å². The number of benzene rings is 2. The van der Waals surface area contributed by atoms with Gasteiger partial charge in [0.2, 0.25) is 12.7 Å². The summed E-state index contributed by atoms with van der Waals surface area (Å²) in [6, 6.07) is 9.66. The van der Waals surface area contributed by atoms with Gasteiger partial charge in [0.25, 0.3) is 5.91 Å². The number of nitrogens with one attached hydrogen (secondary N) is 2. The summed E-state index contributed by atoms with van der Waals surface area (Å²) in [6.07, 6.45) is 0. The van der Waals surface area contributed by atoms with E-state index in [1.54, 1.807) is 36.4 Å². The first-order chi connectivity index (χ1) is 11.5. The molecule has 2 amide bonds. The van der Waals surface area contributed by atoms with E-state index in [0.29, 0.717) is 32.8 Å². The maximum Gasteiger partial charge on any atom is 0.251 e. The van der Waals surface area contributed by atoms with Gasteiger partial charge in [0.05, 0.1) is 22.3 Å². The van der Waals surface area contributed by atoms with Crippen LogP contribution in [0.2, 0.25) is 10.0 Å². The Morgan fingerprint density at radius 3 is 2.50 bits per heavy atom. The number of anilines is 1. The summed E-state index contributed by atoms with van der Waals surface area (Å²) in [5, 5.41) is 5.72. The number of para-hydroxylation sites is 1. The molecule has 1 aliphatic heterocycles. The molecule has 24 heavy (non-hydrogen) atoms. The summed E-state index contributed by atoms with van der Waals surface area (Å²) in [7, 11) is 0. The molecule has 0 aliphatic carbocycles. The molecule has 2 aromatic rings.